The number of carbonyl (C=O) groups is 2. The fourth-order valence-corrected chi connectivity index (χ4v) is 2.75. The van der Waals surface area contributed by atoms with Crippen molar-refractivity contribution in [3.63, 3.8) is 0 Å². The second-order valence-corrected chi connectivity index (χ2v) is 7.43. The van der Waals surface area contributed by atoms with Gasteiger partial charge >= 0.3 is 0 Å². The molecule has 3 rings (SSSR count). The maximum absolute atomic E-state index is 12.5. The average molecular weight is 407 g/mol. The van der Waals surface area contributed by atoms with Crippen molar-refractivity contribution < 1.29 is 14.3 Å². The molecular weight excluding hydrogens is 387 g/mol. The van der Waals surface area contributed by atoms with E-state index in [9.17, 15) is 9.59 Å². The summed E-state index contributed by atoms with van der Waals surface area (Å²) >= 11 is 11.8. The molecule has 2 N–H and O–H groups in total. The lowest BCUT2D eigenvalue weighted by Gasteiger charge is -2.17. The Labute approximate surface area is 168 Å². The number of anilines is 2. The number of nitrogens with one attached hydrogen (secondary N) is 2. The Bertz CT molecular complexity index is 882. The summed E-state index contributed by atoms with van der Waals surface area (Å²) < 4.78 is 5.63. The molecule has 0 aliphatic heterocycles. The van der Waals surface area contributed by atoms with Crippen LogP contribution < -0.4 is 15.4 Å². The summed E-state index contributed by atoms with van der Waals surface area (Å²) in [7, 11) is 0. The number of amides is 2. The van der Waals surface area contributed by atoms with E-state index in [4.69, 9.17) is 27.9 Å². The Morgan fingerprint density at radius 3 is 2.48 bits per heavy atom. The third-order valence-corrected chi connectivity index (χ3v) is 5.02. The molecule has 1 saturated carbocycles. The minimum absolute atomic E-state index is 0.0208. The lowest BCUT2D eigenvalue weighted by atomic mass is 10.1. The fraction of sp³-hybridized carbons (Fsp3) is 0.300. The zero-order chi connectivity index (χ0) is 19.6. The Balaban J connectivity index is 1.65. The van der Waals surface area contributed by atoms with Crippen molar-refractivity contribution in [1.82, 2.24) is 0 Å². The van der Waals surface area contributed by atoms with Crippen molar-refractivity contribution in [3.8, 4) is 5.75 Å². The van der Waals surface area contributed by atoms with E-state index in [2.05, 4.69) is 10.6 Å². The molecule has 2 amide bonds. The van der Waals surface area contributed by atoms with Crippen LogP contribution in [0.1, 0.15) is 25.3 Å². The van der Waals surface area contributed by atoms with Gasteiger partial charge in [0.25, 0.3) is 5.91 Å². The van der Waals surface area contributed by atoms with Crippen LogP contribution in [-0.4, -0.2) is 17.9 Å². The zero-order valence-corrected chi connectivity index (χ0v) is 16.5. The molecule has 0 heterocycles. The highest BCUT2D eigenvalue weighted by Crippen LogP contribution is 2.31. The first kappa shape index (κ1) is 19.5. The third-order valence-electron chi connectivity index (χ3n) is 4.28. The van der Waals surface area contributed by atoms with Crippen LogP contribution in [0.3, 0.4) is 0 Å². The molecule has 1 atom stereocenters. The topological polar surface area (TPSA) is 67.4 Å². The predicted molar refractivity (Wildman–Crippen MR) is 108 cm³/mol. The van der Waals surface area contributed by atoms with Crippen molar-refractivity contribution in [3.05, 3.63) is 52.0 Å². The monoisotopic (exact) mass is 406 g/mol. The van der Waals surface area contributed by atoms with Gasteiger partial charge in [-0.3, -0.25) is 9.59 Å². The van der Waals surface area contributed by atoms with Gasteiger partial charge < -0.3 is 15.4 Å². The number of halogens is 2. The number of rotatable bonds is 6. The smallest absolute Gasteiger partial charge is 0.265 e. The molecule has 142 valence electrons. The van der Waals surface area contributed by atoms with E-state index in [1.54, 1.807) is 31.2 Å². The van der Waals surface area contributed by atoms with Crippen LogP contribution in [0.4, 0.5) is 11.4 Å². The second-order valence-electron chi connectivity index (χ2n) is 6.62. The van der Waals surface area contributed by atoms with Gasteiger partial charge in [0.05, 0.1) is 10.0 Å². The molecule has 7 heteroatoms. The number of hydrogen-bond acceptors (Lipinski definition) is 3. The van der Waals surface area contributed by atoms with Crippen LogP contribution in [0.15, 0.2) is 36.4 Å². The molecule has 1 aliphatic rings. The van der Waals surface area contributed by atoms with E-state index < -0.39 is 6.10 Å². The molecule has 0 saturated heterocycles. The van der Waals surface area contributed by atoms with E-state index in [1.165, 1.54) is 0 Å². The van der Waals surface area contributed by atoms with E-state index in [-0.39, 0.29) is 17.7 Å². The van der Waals surface area contributed by atoms with Crippen LogP contribution in [0, 0.1) is 12.8 Å². The van der Waals surface area contributed by atoms with E-state index in [0.29, 0.717) is 27.2 Å². The SMILES string of the molecule is Cc1ccc(NC(=O)C2CC2)cc1NC(=O)C(C)Oc1ccc(Cl)c(Cl)c1. The van der Waals surface area contributed by atoms with Crippen molar-refractivity contribution >= 4 is 46.4 Å². The van der Waals surface area contributed by atoms with E-state index >= 15 is 0 Å². The van der Waals surface area contributed by atoms with Crippen LogP contribution in [0.5, 0.6) is 5.75 Å². The molecule has 1 unspecified atom stereocenters. The van der Waals surface area contributed by atoms with Gasteiger partial charge in [0.15, 0.2) is 6.10 Å². The maximum atomic E-state index is 12.5. The Morgan fingerprint density at radius 1 is 1.07 bits per heavy atom. The standard InChI is InChI=1S/C20H20Cl2N2O3/c1-11-3-6-14(23-20(26)13-4-5-13)9-18(11)24-19(25)12(2)27-15-7-8-16(21)17(22)10-15/h3,6-10,12-13H,4-5H2,1-2H3,(H,23,26)(H,24,25). The number of aryl methyl sites for hydroxylation is 1. The van der Waals surface area contributed by atoms with Gasteiger partial charge in [-0.2, -0.15) is 0 Å². The summed E-state index contributed by atoms with van der Waals surface area (Å²) in [4.78, 5) is 24.4. The molecule has 27 heavy (non-hydrogen) atoms. The van der Waals surface area contributed by atoms with Gasteiger partial charge in [-0.15, -0.1) is 0 Å². The van der Waals surface area contributed by atoms with Gasteiger partial charge in [-0.05, 0) is 56.5 Å². The molecule has 0 bridgehead atoms. The summed E-state index contributed by atoms with van der Waals surface area (Å²) in [6.07, 6.45) is 1.13. The maximum Gasteiger partial charge on any atom is 0.265 e. The summed E-state index contributed by atoms with van der Waals surface area (Å²) in [5.74, 6) is 0.278. The second kappa shape index (κ2) is 8.19. The van der Waals surface area contributed by atoms with Gasteiger partial charge in [0.1, 0.15) is 5.75 Å². The number of carbonyl (C=O) groups excluding carboxylic acids is 2. The molecular formula is C20H20Cl2N2O3. The van der Waals surface area contributed by atoms with Gasteiger partial charge in [0.2, 0.25) is 5.91 Å². The van der Waals surface area contributed by atoms with Gasteiger partial charge in [-0.1, -0.05) is 29.3 Å². The molecule has 0 radical (unpaired) electrons. The average Bonchev–Trinajstić information content (AvgIpc) is 3.46. The predicted octanol–water partition coefficient (Wildman–Crippen LogP) is 5.06. The Hall–Kier alpha value is -2.24. The van der Waals surface area contributed by atoms with Crippen molar-refractivity contribution in [2.75, 3.05) is 10.6 Å². The van der Waals surface area contributed by atoms with Gasteiger partial charge in [-0.25, -0.2) is 0 Å². The van der Waals surface area contributed by atoms with Gasteiger partial charge in [0, 0.05) is 23.4 Å². The first-order valence-corrected chi connectivity index (χ1v) is 9.43. The lowest BCUT2D eigenvalue weighted by molar-refractivity contribution is -0.122. The van der Waals surface area contributed by atoms with Crippen molar-refractivity contribution in [1.29, 1.82) is 0 Å². The van der Waals surface area contributed by atoms with Crippen LogP contribution in [-0.2, 0) is 9.59 Å². The molecule has 2 aromatic rings. The minimum Gasteiger partial charge on any atom is -0.481 e. The van der Waals surface area contributed by atoms with E-state index in [1.807, 2.05) is 19.1 Å². The van der Waals surface area contributed by atoms with Crippen molar-refractivity contribution in [2.45, 2.75) is 32.8 Å². The molecule has 0 spiro atoms. The summed E-state index contributed by atoms with van der Waals surface area (Å²) in [6, 6.07) is 10.2. The summed E-state index contributed by atoms with van der Waals surface area (Å²) in [5, 5.41) is 6.49. The van der Waals surface area contributed by atoms with Crippen LogP contribution in [0.25, 0.3) is 0 Å². The first-order valence-electron chi connectivity index (χ1n) is 8.67. The number of hydrogen-bond donors (Lipinski definition) is 2. The largest absolute Gasteiger partial charge is 0.481 e. The minimum atomic E-state index is -0.744. The zero-order valence-electron chi connectivity index (χ0n) is 15.0. The first-order chi connectivity index (χ1) is 12.8. The summed E-state index contributed by atoms with van der Waals surface area (Å²) in [5.41, 5.74) is 2.17. The van der Waals surface area contributed by atoms with Crippen LogP contribution in [0.2, 0.25) is 10.0 Å². The fourth-order valence-electron chi connectivity index (χ4n) is 2.47. The molecule has 5 nitrogen and oxygen atoms in total. The molecule has 1 aliphatic carbocycles. The highest BCUT2D eigenvalue weighted by molar-refractivity contribution is 6.42. The highest BCUT2D eigenvalue weighted by Gasteiger charge is 2.29. The third kappa shape index (κ3) is 5.15. The van der Waals surface area contributed by atoms with Crippen molar-refractivity contribution in [2.24, 2.45) is 5.92 Å². The molecule has 0 aromatic heterocycles. The summed E-state index contributed by atoms with van der Waals surface area (Å²) in [6.45, 7) is 3.53. The van der Waals surface area contributed by atoms with E-state index in [0.717, 1.165) is 18.4 Å². The molecule has 2 aromatic carbocycles. The Morgan fingerprint density at radius 2 is 1.81 bits per heavy atom. The quantitative estimate of drug-likeness (QED) is 0.704. The normalized spacial score (nSPS) is 14.4. The van der Waals surface area contributed by atoms with Crippen LogP contribution >= 0.6 is 23.2 Å². The number of benzene rings is 2. The lowest BCUT2D eigenvalue weighted by Crippen LogP contribution is -2.30. The molecule has 1 fully saturated rings. The highest BCUT2D eigenvalue weighted by atomic mass is 35.5. The Kier molecular flexibility index (Phi) is 5.92. The number of ether oxygens (including phenoxy) is 1.